The van der Waals surface area contributed by atoms with Crippen LogP contribution in [0.15, 0.2) is 138 Å². The number of rotatable bonds is 2. The third-order valence-corrected chi connectivity index (χ3v) is 7.21. The van der Waals surface area contributed by atoms with E-state index in [9.17, 15) is 0 Å². The van der Waals surface area contributed by atoms with Gasteiger partial charge in [0.25, 0.3) is 0 Å². The van der Waals surface area contributed by atoms with Gasteiger partial charge in [0.15, 0.2) is 0 Å². The van der Waals surface area contributed by atoms with Crippen molar-refractivity contribution in [3.05, 3.63) is 133 Å². The van der Waals surface area contributed by atoms with Crippen molar-refractivity contribution >= 4 is 54.3 Å². The Morgan fingerprint density at radius 2 is 1.08 bits per heavy atom. The van der Waals surface area contributed by atoms with E-state index in [1.165, 1.54) is 5.56 Å². The minimum absolute atomic E-state index is 0.0313. The Bertz CT molecular complexity index is 2410. The molecule has 0 saturated heterocycles. The van der Waals surface area contributed by atoms with Crippen LogP contribution in [0.25, 0.3) is 76.5 Å². The quantitative estimate of drug-likeness (QED) is 0.226. The number of furan rings is 1. The van der Waals surface area contributed by atoms with Crippen molar-refractivity contribution < 1.29 is 12.6 Å². The third kappa shape index (κ3) is 2.98. The average molecular weight is 477 g/mol. The van der Waals surface area contributed by atoms with E-state index in [1.54, 1.807) is 0 Å². The molecule has 37 heavy (non-hydrogen) atoms. The van der Waals surface area contributed by atoms with Crippen LogP contribution in [-0.4, -0.2) is 0 Å². The highest BCUT2D eigenvalue weighted by Crippen LogP contribution is 2.45. The highest BCUT2D eigenvalue weighted by molar-refractivity contribution is 6.23. The Morgan fingerprint density at radius 3 is 1.78 bits per heavy atom. The summed E-state index contributed by atoms with van der Waals surface area (Å²) in [5.41, 5.74) is 4.90. The van der Waals surface area contributed by atoms with Gasteiger partial charge in [0.05, 0.1) is 8.22 Å². The molecular weight excluding hydrogens is 448 g/mol. The molecule has 0 atom stereocenters. The maximum Gasteiger partial charge on any atom is 0.136 e. The van der Waals surface area contributed by atoms with Crippen molar-refractivity contribution in [2.75, 3.05) is 0 Å². The van der Waals surface area contributed by atoms with Crippen molar-refractivity contribution in [3.8, 4) is 22.3 Å². The molecule has 0 aliphatic heterocycles. The molecule has 1 heteroatoms. The first-order valence-electron chi connectivity index (χ1n) is 15.2. The van der Waals surface area contributed by atoms with Crippen LogP contribution >= 0.6 is 0 Å². The molecule has 1 aromatic heterocycles. The van der Waals surface area contributed by atoms with Gasteiger partial charge >= 0.3 is 0 Å². The summed E-state index contributed by atoms with van der Waals surface area (Å²) in [5.74, 6) is 0. The topological polar surface area (TPSA) is 13.1 Å². The molecule has 0 saturated carbocycles. The fourth-order valence-corrected chi connectivity index (χ4v) is 5.66. The Labute approximate surface area is 222 Å². The van der Waals surface area contributed by atoms with Crippen LogP contribution in [0, 0.1) is 0 Å². The van der Waals surface area contributed by atoms with Gasteiger partial charge < -0.3 is 4.42 Å². The fraction of sp³-hybridized carbons (Fsp3) is 0. The molecule has 8 aromatic rings. The first kappa shape index (κ1) is 15.3. The largest absolute Gasteiger partial charge is 0.456 e. The van der Waals surface area contributed by atoms with Crippen LogP contribution in [0.5, 0.6) is 0 Å². The minimum atomic E-state index is -0.419. The summed E-state index contributed by atoms with van der Waals surface area (Å²) in [6.07, 6.45) is 0. The second-order valence-electron chi connectivity index (χ2n) is 9.22. The van der Waals surface area contributed by atoms with Gasteiger partial charge in [-0.2, -0.15) is 0 Å². The van der Waals surface area contributed by atoms with Gasteiger partial charge in [0, 0.05) is 10.8 Å². The first-order valence-corrected chi connectivity index (χ1v) is 12.2. The van der Waals surface area contributed by atoms with E-state index in [4.69, 9.17) is 12.6 Å². The molecule has 8 rings (SSSR count). The number of benzene rings is 7. The van der Waals surface area contributed by atoms with Crippen molar-refractivity contribution in [1.82, 2.24) is 0 Å². The zero-order chi connectivity index (χ0) is 29.6. The van der Waals surface area contributed by atoms with Crippen molar-refractivity contribution in [1.29, 1.82) is 0 Å². The average Bonchev–Trinajstić information content (AvgIpc) is 3.42. The molecule has 0 aliphatic carbocycles. The molecule has 0 unspecified atom stereocenters. The van der Waals surface area contributed by atoms with E-state index in [0.29, 0.717) is 16.4 Å². The molecule has 0 fully saturated rings. The molecule has 0 amide bonds. The lowest BCUT2D eigenvalue weighted by atomic mass is 9.86. The van der Waals surface area contributed by atoms with E-state index >= 15 is 0 Å². The lowest BCUT2D eigenvalue weighted by molar-refractivity contribution is 0.669. The van der Waals surface area contributed by atoms with E-state index in [2.05, 4.69) is 60.7 Å². The van der Waals surface area contributed by atoms with Gasteiger partial charge in [0.2, 0.25) is 0 Å². The van der Waals surface area contributed by atoms with Crippen LogP contribution in [-0.2, 0) is 0 Å². The maximum absolute atomic E-state index is 8.70. The van der Waals surface area contributed by atoms with E-state index < -0.39 is 6.04 Å². The van der Waals surface area contributed by atoms with Crippen LogP contribution in [0.1, 0.15) is 8.22 Å². The first-order chi connectivity index (χ1) is 20.9. The van der Waals surface area contributed by atoms with Gasteiger partial charge in [0.1, 0.15) is 11.2 Å². The lowest BCUT2D eigenvalue weighted by Gasteiger charge is -2.17. The van der Waals surface area contributed by atoms with Crippen LogP contribution < -0.4 is 0 Å². The number of hydrogen-bond acceptors (Lipinski definition) is 1. The SMILES string of the molecule is [2H]c1c([2H])c([2H])c2c(c1[2H])c([2H])c([2H])c1oc3cc(-c4c5ccccc5c(-c5ccccc5)c5ccccc45)ccc3c12. The number of hydrogen-bond donors (Lipinski definition) is 0. The Morgan fingerprint density at radius 1 is 0.459 bits per heavy atom. The predicted molar refractivity (Wildman–Crippen MR) is 157 cm³/mol. The summed E-state index contributed by atoms with van der Waals surface area (Å²) in [7, 11) is 0. The van der Waals surface area contributed by atoms with E-state index in [-0.39, 0.29) is 46.6 Å². The van der Waals surface area contributed by atoms with E-state index in [1.807, 2.05) is 36.4 Å². The van der Waals surface area contributed by atoms with Crippen molar-refractivity contribution in [2.24, 2.45) is 0 Å². The highest BCUT2D eigenvalue weighted by atomic mass is 16.3. The molecule has 172 valence electrons. The summed E-state index contributed by atoms with van der Waals surface area (Å²) >= 11 is 0. The smallest absolute Gasteiger partial charge is 0.136 e. The summed E-state index contributed by atoms with van der Waals surface area (Å²) < 4.78 is 57.1. The molecule has 0 radical (unpaired) electrons. The second-order valence-corrected chi connectivity index (χ2v) is 9.22. The third-order valence-electron chi connectivity index (χ3n) is 7.21. The minimum Gasteiger partial charge on any atom is -0.456 e. The van der Waals surface area contributed by atoms with Crippen LogP contribution in [0.3, 0.4) is 0 Å². The van der Waals surface area contributed by atoms with Crippen molar-refractivity contribution in [3.63, 3.8) is 0 Å². The molecule has 0 spiro atoms. The number of fused-ring (bicyclic) bond motifs is 7. The normalized spacial score (nSPS) is 14.1. The summed E-state index contributed by atoms with van der Waals surface area (Å²) in [6, 6.07) is 31.1. The molecular formula is C36H22O. The Hall–Kier alpha value is -4.88. The van der Waals surface area contributed by atoms with Crippen molar-refractivity contribution in [2.45, 2.75) is 0 Å². The van der Waals surface area contributed by atoms with Crippen LogP contribution in [0.2, 0.25) is 0 Å². The Kier molecular flexibility index (Phi) is 3.23. The zero-order valence-corrected chi connectivity index (χ0v) is 19.6. The maximum atomic E-state index is 8.70. The molecule has 1 heterocycles. The van der Waals surface area contributed by atoms with Gasteiger partial charge in [-0.15, -0.1) is 0 Å². The molecule has 0 bridgehead atoms. The summed E-state index contributed by atoms with van der Waals surface area (Å²) in [5, 5.41) is 5.73. The molecule has 0 N–H and O–H groups in total. The molecule has 1 nitrogen and oxygen atoms in total. The second kappa shape index (κ2) is 7.81. The van der Waals surface area contributed by atoms with Crippen LogP contribution in [0.4, 0.5) is 0 Å². The molecule has 7 aromatic carbocycles. The zero-order valence-electron chi connectivity index (χ0n) is 25.6. The highest BCUT2D eigenvalue weighted by Gasteiger charge is 2.18. The van der Waals surface area contributed by atoms with Gasteiger partial charge in [-0.25, -0.2) is 0 Å². The van der Waals surface area contributed by atoms with Gasteiger partial charge in [-0.05, 0) is 72.7 Å². The van der Waals surface area contributed by atoms with E-state index in [0.717, 1.165) is 38.2 Å². The molecule has 0 aliphatic rings. The van der Waals surface area contributed by atoms with Gasteiger partial charge in [-0.3, -0.25) is 0 Å². The predicted octanol–water partition coefficient (Wildman–Crippen LogP) is 10.4. The lowest BCUT2D eigenvalue weighted by Crippen LogP contribution is -1.90. The fourth-order valence-electron chi connectivity index (χ4n) is 5.66. The standard InChI is InChI=1S/C36H22O/c1-2-11-24(12-3-1)34-27-14-6-8-16-29(27)35(30-17-9-7-15-28(30)34)25-18-20-31-33(22-25)37-32-21-19-23-10-4-5-13-26(23)36(31)32/h1-22H/i4D,5D,10D,13D,19D,21D. The summed E-state index contributed by atoms with van der Waals surface area (Å²) in [4.78, 5) is 0. The monoisotopic (exact) mass is 476 g/mol. The van der Waals surface area contributed by atoms with Gasteiger partial charge in [-0.1, -0.05) is 115 Å². The summed E-state index contributed by atoms with van der Waals surface area (Å²) in [6.45, 7) is 0. The Balaban J connectivity index is 1.49.